The normalized spacial score (nSPS) is 24.4. The molecule has 0 aromatic rings. The first-order valence-electron chi connectivity index (χ1n) is 2.67. The van der Waals surface area contributed by atoms with Crippen LogP contribution in [0.2, 0.25) is 0 Å². The number of likely N-dealkylation sites (N-methyl/N-ethyl adjacent to an activating group) is 1. The fourth-order valence-electron chi connectivity index (χ4n) is 0.603. The van der Waals surface area contributed by atoms with Crippen LogP contribution in [0.4, 0.5) is 0 Å². The van der Waals surface area contributed by atoms with Crippen molar-refractivity contribution in [1.82, 2.24) is 4.90 Å². The van der Waals surface area contributed by atoms with Crippen LogP contribution in [0.15, 0.2) is 12.0 Å². The quantitative estimate of drug-likeness (QED) is 0.438. The minimum absolute atomic E-state index is 0.222. The Balaban J connectivity index is 2.77. The van der Waals surface area contributed by atoms with Crippen LogP contribution in [0.5, 0.6) is 0 Å². The molecule has 1 heterocycles. The van der Waals surface area contributed by atoms with E-state index in [1.165, 1.54) is 0 Å². The van der Waals surface area contributed by atoms with Crippen molar-refractivity contribution >= 4 is 0 Å². The van der Waals surface area contributed by atoms with Gasteiger partial charge in [-0.05, 0) is 20.0 Å². The maximum absolute atomic E-state index is 10.7. The first-order chi connectivity index (χ1) is 3.55. The molecule has 1 aliphatic heterocycles. The minimum atomic E-state index is -0.222. The van der Waals surface area contributed by atoms with Crippen molar-refractivity contribution in [3.05, 3.63) is 12.0 Å². The maximum atomic E-state index is 10.7. The van der Waals surface area contributed by atoms with Crippen LogP contribution in [0.1, 0.15) is 13.8 Å². The van der Waals surface area contributed by atoms with Gasteiger partial charge in [-0.3, -0.25) is 0 Å². The van der Waals surface area contributed by atoms with E-state index >= 15 is 0 Å². The molecule has 0 aromatic heterocycles. The third kappa shape index (κ3) is 0.427. The van der Waals surface area contributed by atoms with Gasteiger partial charge < -0.3 is 10.0 Å². The average Bonchev–Trinajstić information content (AvgIpc) is 1.68. The summed E-state index contributed by atoms with van der Waals surface area (Å²) in [4.78, 5) is 1.91. The summed E-state index contributed by atoms with van der Waals surface area (Å²) in [5.74, 6) is 0.222. The smallest absolute Gasteiger partial charge is 0.0463 e. The summed E-state index contributed by atoms with van der Waals surface area (Å²) in [6.45, 7) is 3.82. The molecule has 46 valence electrons. The van der Waals surface area contributed by atoms with Crippen LogP contribution in [-0.2, 0) is 0 Å². The summed E-state index contributed by atoms with van der Waals surface area (Å²) in [5, 5.41) is 10.7. The Morgan fingerprint density at radius 2 is 2.12 bits per heavy atom. The molecule has 0 spiro atoms. The zero-order valence-corrected chi connectivity index (χ0v) is 5.43. The van der Waals surface area contributed by atoms with Crippen LogP contribution in [0, 0.1) is 0 Å². The second kappa shape index (κ2) is 1.19. The van der Waals surface area contributed by atoms with Gasteiger partial charge in [0.25, 0.3) is 0 Å². The third-order valence-electron chi connectivity index (χ3n) is 1.80. The van der Waals surface area contributed by atoms with E-state index in [9.17, 15) is 5.11 Å². The van der Waals surface area contributed by atoms with Gasteiger partial charge in [-0.15, -0.1) is 0 Å². The van der Waals surface area contributed by atoms with E-state index in [1.54, 1.807) is 6.20 Å². The van der Waals surface area contributed by atoms with Crippen LogP contribution in [0.25, 0.3) is 0 Å². The third-order valence-corrected chi connectivity index (χ3v) is 1.80. The average molecular weight is 112 g/mol. The second-order valence-electron chi connectivity index (χ2n) is 2.66. The zero-order chi connectivity index (χ0) is 6.36. The van der Waals surface area contributed by atoms with Gasteiger partial charge in [-0.2, -0.15) is 0 Å². The van der Waals surface area contributed by atoms with Crippen LogP contribution >= 0.6 is 0 Å². The molecule has 2 heteroatoms. The summed E-state index contributed by atoms with van der Waals surface area (Å²) in [7, 11) is 1.90. The lowest BCUT2D eigenvalue weighted by Gasteiger charge is -2.49. The molecule has 0 N–H and O–H groups in total. The van der Waals surface area contributed by atoms with Gasteiger partial charge in [0, 0.05) is 12.6 Å². The van der Waals surface area contributed by atoms with Gasteiger partial charge in [-0.1, -0.05) is 5.76 Å². The van der Waals surface area contributed by atoms with Gasteiger partial charge in [0.1, 0.15) is 0 Å². The molecule has 0 amide bonds. The number of rotatable bonds is 0. The highest BCUT2D eigenvalue weighted by molar-refractivity contribution is 5.18. The van der Waals surface area contributed by atoms with Gasteiger partial charge >= 0.3 is 0 Å². The van der Waals surface area contributed by atoms with Crippen LogP contribution in [-0.4, -0.2) is 17.5 Å². The Labute approximate surface area is 49.4 Å². The zero-order valence-electron chi connectivity index (χ0n) is 5.43. The van der Waals surface area contributed by atoms with E-state index in [4.69, 9.17) is 0 Å². The standard InChI is InChI=1S/C6H11NO/c1-6(2)5(8)4-7(6)3/h4,8H,1-3H3/p-1. The molecule has 1 aliphatic rings. The first kappa shape index (κ1) is 5.48. The Hall–Kier alpha value is -0.660. The highest BCUT2D eigenvalue weighted by Crippen LogP contribution is 2.27. The van der Waals surface area contributed by atoms with E-state index in [-0.39, 0.29) is 11.3 Å². The monoisotopic (exact) mass is 112 g/mol. The van der Waals surface area contributed by atoms with Crippen molar-refractivity contribution in [2.45, 2.75) is 19.4 Å². The van der Waals surface area contributed by atoms with Gasteiger partial charge in [0.2, 0.25) is 0 Å². The molecule has 0 fully saturated rings. The molecule has 0 bridgehead atoms. The second-order valence-corrected chi connectivity index (χ2v) is 2.66. The number of hydrogen-bond donors (Lipinski definition) is 0. The Kier molecular flexibility index (Phi) is 0.813. The van der Waals surface area contributed by atoms with Gasteiger partial charge in [0.15, 0.2) is 0 Å². The molecule has 2 nitrogen and oxygen atoms in total. The van der Waals surface area contributed by atoms with E-state index in [0.29, 0.717) is 0 Å². The van der Waals surface area contributed by atoms with E-state index in [0.717, 1.165) is 0 Å². The first-order valence-corrected chi connectivity index (χ1v) is 2.67. The predicted molar refractivity (Wildman–Crippen MR) is 29.9 cm³/mol. The van der Waals surface area contributed by atoms with Crippen molar-refractivity contribution in [2.75, 3.05) is 7.05 Å². The number of hydrogen-bond acceptors (Lipinski definition) is 2. The molecule has 0 aliphatic carbocycles. The lowest BCUT2D eigenvalue weighted by Crippen LogP contribution is -2.52. The Morgan fingerprint density at radius 3 is 2.12 bits per heavy atom. The highest BCUT2D eigenvalue weighted by atomic mass is 16.3. The minimum Gasteiger partial charge on any atom is -0.873 e. The summed E-state index contributed by atoms with van der Waals surface area (Å²) in [5.41, 5.74) is -0.222. The SMILES string of the molecule is CN1C=C([O-])C1(C)C. The molecule has 0 atom stereocenters. The van der Waals surface area contributed by atoms with Crippen molar-refractivity contribution in [1.29, 1.82) is 0 Å². The summed E-state index contributed by atoms with van der Waals surface area (Å²) < 4.78 is 0. The van der Waals surface area contributed by atoms with E-state index in [2.05, 4.69) is 0 Å². The molecule has 1 rings (SSSR count). The summed E-state index contributed by atoms with van der Waals surface area (Å²) in [6, 6.07) is 0. The van der Waals surface area contributed by atoms with E-state index in [1.807, 2.05) is 25.8 Å². The fourth-order valence-corrected chi connectivity index (χ4v) is 0.603. The molecule has 0 unspecified atom stereocenters. The highest BCUT2D eigenvalue weighted by Gasteiger charge is 2.27. The fraction of sp³-hybridized carbons (Fsp3) is 0.667. The van der Waals surface area contributed by atoms with Crippen molar-refractivity contribution in [3.63, 3.8) is 0 Å². The van der Waals surface area contributed by atoms with Crippen molar-refractivity contribution in [3.8, 4) is 0 Å². The molecule has 0 saturated heterocycles. The predicted octanol–water partition coefficient (Wildman–Crippen LogP) is -0.0879. The van der Waals surface area contributed by atoms with Crippen LogP contribution in [0.3, 0.4) is 0 Å². The Bertz CT molecular complexity index is 137. The Morgan fingerprint density at radius 1 is 1.62 bits per heavy atom. The summed E-state index contributed by atoms with van der Waals surface area (Å²) >= 11 is 0. The molecular weight excluding hydrogens is 102 g/mol. The molecule has 8 heavy (non-hydrogen) atoms. The number of nitrogens with zero attached hydrogens (tertiary/aromatic N) is 1. The molecule has 0 saturated carbocycles. The van der Waals surface area contributed by atoms with Gasteiger partial charge in [-0.25, -0.2) is 0 Å². The topological polar surface area (TPSA) is 26.3 Å². The van der Waals surface area contributed by atoms with Crippen LogP contribution < -0.4 is 5.11 Å². The van der Waals surface area contributed by atoms with E-state index < -0.39 is 0 Å². The summed E-state index contributed by atoms with van der Waals surface area (Å²) in [6.07, 6.45) is 1.61. The van der Waals surface area contributed by atoms with Gasteiger partial charge in [0.05, 0.1) is 0 Å². The largest absolute Gasteiger partial charge is 0.873 e. The maximum Gasteiger partial charge on any atom is 0.0463 e. The lowest BCUT2D eigenvalue weighted by molar-refractivity contribution is -0.335. The molecular formula is C6H10NO-. The lowest BCUT2D eigenvalue weighted by atomic mass is 9.95. The van der Waals surface area contributed by atoms with Crippen molar-refractivity contribution < 1.29 is 5.11 Å². The molecule has 0 aromatic carbocycles. The van der Waals surface area contributed by atoms with Crippen molar-refractivity contribution in [2.24, 2.45) is 0 Å². The molecule has 0 radical (unpaired) electrons.